The van der Waals surface area contributed by atoms with Crippen LogP contribution in [-0.2, 0) is 19.7 Å². The predicted octanol–water partition coefficient (Wildman–Crippen LogP) is 5.67. The molecular weight excluding hydrogens is 624 g/mol. The van der Waals surface area contributed by atoms with Crippen LogP contribution in [-0.4, -0.2) is 62.6 Å². The molecule has 1 spiro atoms. The van der Waals surface area contributed by atoms with Crippen molar-refractivity contribution in [3.8, 4) is 11.5 Å². The van der Waals surface area contributed by atoms with Gasteiger partial charge in [0, 0.05) is 58.5 Å². The molecule has 2 aliphatic heterocycles. The van der Waals surface area contributed by atoms with Crippen molar-refractivity contribution in [3.05, 3.63) is 56.7 Å². The van der Waals surface area contributed by atoms with Crippen molar-refractivity contribution in [3.63, 3.8) is 0 Å². The molecule has 8 atom stereocenters. The summed E-state index contributed by atoms with van der Waals surface area (Å²) in [7, 11) is 0. The van der Waals surface area contributed by atoms with E-state index >= 15 is 4.79 Å². The third-order valence-corrected chi connectivity index (χ3v) is 13.9. The zero-order valence-electron chi connectivity index (χ0n) is 29.8. The monoisotopic (exact) mass is 672 g/mol. The number of fused-ring (bicyclic) bond motifs is 10. The molecule has 1 saturated carbocycles. The van der Waals surface area contributed by atoms with Gasteiger partial charge in [0.15, 0.2) is 23.1 Å². The third-order valence-electron chi connectivity index (χ3n) is 13.9. The molecule has 2 fully saturated rings. The van der Waals surface area contributed by atoms with Gasteiger partial charge in [0.2, 0.25) is 17.2 Å². The number of aliphatic hydroxyl groups is 3. The van der Waals surface area contributed by atoms with E-state index in [4.69, 9.17) is 14.2 Å². The first-order valence-corrected chi connectivity index (χ1v) is 17.9. The van der Waals surface area contributed by atoms with Gasteiger partial charge in [-0.1, -0.05) is 46.6 Å². The molecule has 0 unspecified atom stereocenters. The van der Waals surface area contributed by atoms with E-state index in [1.165, 1.54) is 6.08 Å². The van der Waals surface area contributed by atoms with Gasteiger partial charge in [-0.05, 0) is 81.1 Å². The minimum Gasteiger partial charge on any atom is -0.439 e. The van der Waals surface area contributed by atoms with Crippen molar-refractivity contribution in [2.75, 3.05) is 6.61 Å². The molecule has 49 heavy (non-hydrogen) atoms. The molecule has 7 aliphatic rings. The summed E-state index contributed by atoms with van der Waals surface area (Å²) in [4.78, 5) is 43.7. The van der Waals surface area contributed by atoms with Crippen LogP contribution in [0.2, 0.25) is 0 Å². The minimum absolute atomic E-state index is 0.0202. The standard InChI is InChI=1S/C40H48O9/c1-19-10-13-36(7)25(22(19)4)15-27(43)30-31(36)34(44)40(38(45)17-21(3)47-39(30,38)46)48-32-23(20(2)18-41)14-24-26(42)16-28-35(5,6)11-9-12-37(28,8)29(24)33(32)49-40/h14-15,20-21,28,41,45-46H,9-13,16-18H2,1-8H3/t20-,21+,28-,36-,37-,38-,39-,40-/m1/s1. The number of rotatable bonds is 2. The fourth-order valence-electron chi connectivity index (χ4n) is 11.1. The number of allylic oxidation sites excluding steroid dienone is 4. The average molecular weight is 673 g/mol. The molecule has 9 nitrogen and oxygen atoms in total. The molecular formula is C40H48O9. The molecule has 0 bridgehead atoms. The second-order valence-electron chi connectivity index (χ2n) is 17.3. The molecule has 0 radical (unpaired) electrons. The van der Waals surface area contributed by atoms with E-state index in [0.717, 1.165) is 30.4 Å². The molecule has 5 aliphatic carbocycles. The maximum absolute atomic E-state index is 15.5. The van der Waals surface area contributed by atoms with E-state index in [0.29, 0.717) is 41.5 Å². The van der Waals surface area contributed by atoms with Gasteiger partial charge in [-0.25, -0.2) is 0 Å². The third kappa shape index (κ3) is 3.73. The summed E-state index contributed by atoms with van der Waals surface area (Å²) in [5.74, 6) is -6.73. The van der Waals surface area contributed by atoms with Crippen LogP contribution in [0.1, 0.15) is 128 Å². The summed E-state index contributed by atoms with van der Waals surface area (Å²) in [5.41, 5.74) is -0.169. The van der Waals surface area contributed by atoms with Crippen molar-refractivity contribution in [2.45, 2.75) is 135 Å². The molecule has 0 amide bonds. The van der Waals surface area contributed by atoms with Crippen LogP contribution in [0.5, 0.6) is 11.5 Å². The van der Waals surface area contributed by atoms with Crippen molar-refractivity contribution in [2.24, 2.45) is 16.7 Å². The highest BCUT2D eigenvalue weighted by Gasteiger charge is 2.83. The molecule has 1 aromatic carbocycles. The summed E-state index contributed by atoms with van der Waals surface area (Å²) >= 11 is 0. The molecule has 1 saturated heterocycles. The Bertz CT molecular complexity index is 1880. The quantitative estimate of drug-likeness (QED) is 0.363. The van der Waals surface area contributed by atoms with Gasteiger partial charge in [0.05, 0.1) is 11.7 Å². The number of ketones is 3. The van der Waals surface area contributed by atoms with Gasteiger partial charge in [0.25, 0.3) is 0 Å². The summed E-state index contributed by atoms with van der Waals surface area (Å²) in [6.45, 7) is 15.6. The first-order chi connectivity index (χ1) is 22.8. The van der Waals surface area contributed by atoms with Crippen LogP contribution in [0, 0.1) is 16.7 Å². The summed E-state index contributed by atoms with van der Waals surface area (Å²) in [5, 5.41) is 36.0. The number of benzene rings is 1. The molecule has 262 valence electrons. The number of carbonyl (C=O) groups excluding carboxylic acids is 3. The molecule has 9 heteroatoms. The molecule has 2 heterocycles. The second kappa shape index (κ2) is 9.81. The first kappa shape index (κ1) is 33.1. The van der Waals surface area contributed by atoms with E-state index in [1.807, 2.05) is 20.8 Å². The second-order valence-corrected chi connectivity index (χ2v) is 17.3. The number of hydrogen-bond donors (Lipinski definition) is 3. The smallest absolute Gasteiger partial charge is 0.352 e. The Labute approximate surface area is 287 Å². The fraction of sp³-hybridized carbons (Fsp3) is 0.625. The zero-order valence-corrected chi connectivity index (χ0v) is 29.8. The summed E-state index contributed by atoms with van der Waals surface area (Å²) < 4.78 is 19.9. The van der Waals surface area contributed by atoms with Gasteiger partial charge >= 0.3 is 5.79 Å². The van der Waals surface area contributed by atoms with Crippen molar-refractivity contribution >= 4 is 17.3 Å². The Hall–Kier alpha value is -3.11. The van der Waals surface area contributed by atoms with Crippen LogP contribution in [0.25, 0.3) is 0 Å². The Balaban J connectivity index is 1.41. The largest absolute Gasteiger partial charge is 0.439 e. The van der Waals surface area contributed by atoms with E-state index in [-0.39, 0.29) is 52.8 Å². The van der Waals surface area contributed by atoms with Crippen LogP contribution in [0.4, 0.5) is 0 Å². The lowest BCUT2D eigenvalue weighted by molar-refractivity contribution is -0.310. The Morgan fingerprint density at radius 1 is 0.980 bits per heavy atom. The molecule has 1 aromatic rings. The van der Waals surface area contributed by atoms with Crippen LogP contribution >= 0.6 is 0 Å². The fourth-order valence-corrected chi connectivity index (χ4v) is 11.1. The maximum atomic E-state index is 15.5. The van der Waals surface area contributed by atoms with Gasteiger partial charge in [-0.2, -0.15) is 0 Å². The highest BCUT2D eigenvalue weighted by atomic mass is 16.8. The van der Waals surface area contributed by atoms with E-state index in [2.05, 4.69) is 20.8 Å². The number of hydrogen-bond acceptors (Lipinski definition) is 9. The van der Waals surface area contributed by atoms with Gasteiger partial charge in [0.1, 0.15) is 0 Å². The van der Waals surface area contributed by atoms with Crippen LogP contribution in [0.3, 0.4) is 0 Å². The summed E-state index contributed by atoms with van der Waals surface area (Å²) in [6, 6.07) is 1.77. The number of carbonyl (C=O) groups is 3. The van der Waals surface area contributed by atoms with Gasteiger partial charge < -0.3 is 29.5 Å². The lowest BCUT2D eigenvalue weighted by Crippen LogP contribution is -2.77. The minimum atomic E-state index is -2.64. The van der Waals surface area contributed by atoms with E-state index in [1.54, 1.807) is 19.9 Å². The molecule has 0 aromatic heterocycles. The van der Waals surface area contributed by atoms with E-state index < -0.39 is 51.6 Å². The van der Waals surface area contributed by atoms with Gasteiger partial charge in [-0.3, -0.25) is 14.4 Å². The summed E-state index contributed by atoms with van der Waals surface area (Å²) in [6.07, 6.45) is 4.61. The Morgan fingerprint density at radius 2 is 1.67 bits per heavy atom. The zero-order chi connectivity index (χ0) is 35.4. The van der Waals surface area contributed by atoms with Crippen molar-refractivity contribution < 1.29 is 43.9 Å². The highest BCUT2D eigenvalue weighted by molar-refractivity contribution is 6.19. The van der Waals surface area contributed by atoms with Crippen LogP contribution in [0.15, 0.2) is 40.0 Å². The Morgan fingerprint density at radius 3 is 2.37 bits per heavy atom. The van der Waals surface area contributed by atoms with Crippen molar-refractivity contribution in [1.29, 1.82) is 0 Å². The highest BCUT2D eigenvalue weighted by Crippen LogP contribution is 2.68. The predicted molar refractivity (Wildman–Crippen MR) is 179 cm³/mol. The number of ether oxygens (including phenoxy) is 3. The molecule has 8 rings (SSSR count). The lowest BCUT2D eigenvalue weighted by atomic mass is 9.50. The Kier molecular flexibility index (Phi) is 6.62. The lowest BCUT2D eigenvalue weighted by Gasteiger charge is -2.54. The number of Topliss-reactive ketones (excluding diaryl/α,β-unsaturated/α-hetero) is 2. The average Bonchev–Trinajstić information content (AvgIpc) is 3.55. The number of aliphatic hydroxyl groups excluding tert-OH is 1. The normalized spacial score (nSPS) is 40.9. The molecule has 3 N–H and O–H groups in total. The van der Waals surface area contributed by atoms with Crippen LogP contribution < -0.4 is 9.47 Å². The van der Waals surface area contributed by atoms with Gasteiger partial charge in [-0.15, -0.1) is 0 Å². The topological polar surface area (TPSA) is 140 Å². The maximum Gasteiger partial charge on any atom is 0.352 e. The van der Waals surface area contributed by atoms with E-state index in [9.17, 15) is 24.9 Å². The first-order valence-electron chi connectivity index (χ1n) is 17.9. The van der Waals surface area contributed by atoms with Crippen molar-refractivity contribution in [1.82, 2.24) is 0 Å². The SMILES string of the molecule is CC1=C(C)C2=CC(=O)C3=C(C(=O)[C@]4(Oc5c([C@H](C)CO)cc6c(c5O4)[C@]4(C)CCCC(C)(C)[C@H]4CC6=O)[C@@]4(O)C[C@H](C)O[C@]34O)[C@]2(C)CC1.